The molecule has 0 atom stereocenters. The molecular weight excluding hydrogens is 381 g/mol. The Morgan fingerprint density at radius 1 is 1.15 bits per heavy atom. The molecule has 1 aliphatic heterocycles. The predicted octanol–water partition coefficient (Wildman–Crippen LogP) is 2.96. The average Bonchev–Trinajstić information content (AvgIpc) is 3.13. The molecule has 146 valence electrons. The molecule has 0 radical (unpaired) electrons. The molecule has 1 aliphatic rings. The lowest BCUT2D eigenvalue weighted by Gasteiger charge is -2.18. The zero-order valence-electron chi connectivity index (χ0n) is 14.3. The summed E-state index contributed by atoms with van der Waals surface area (Å²) in [5, 5.41) is 7.66. The highest BCUT2D eigenvalue weighted by molar-refractivity contribution is 7.89. The smallest absolute Gasteiger partial charge is 0.380 e. The maximum Gasteiger partial charge on any atom is 0.418 e. The second-order valence-corrected chi connectivity index (χ2v) is 7.88. The standard InChI is InChI=1S/C17H19F3N4O2S/c18-17(19,20)14-10-13(27(21,25)26)3-4-15(14)23-11-12-5-6-22-16(9-12)24-7-1-2-8-24/h3-6,9-10,23H,1-2,7-8,11H2,(H2,21,25,26). The number of hydrogen-bond acceptors (Lipinski definition) is 5. The molecule has 0 unspecified atom stereocenters. The zero-order valence-corrected chi connectivity index (χ0v) is 15.1. The summed E-state index contributed by atoms with van der Waals surface area (Å²) in [4.78, 5) is 5.86. The van der Waals surface area contributed by atoms with Crippen LogP contribution >= 0.6 is 0 Å². The van der Waals surface area contributed by atoms with Crippen molar-refractivity contribution in [1.82, 2.24) is 4.98 Å². The molecule has 0 aliphatic carbocycles. The largest absolute Gasteiger partial charge is 0.418 e. The monoisotopic (exact) mass is 400 g/mol. The van der Waals surface area contributed by atoms with Crippen molar-refractivity contribution in [3.63, 3.8) is 0 Å². The van der Waals surface area contributed by atoms with E-state index in [0.717, 1.165) is 49.4 Å². The van der Waals surface area contributed by atoms with Crippen LogP contribution in [0.5, 0.6) is 0 Å². The summed E-state index contributed by atoms with van der Waals surface area (Å²) < 4.78 is 62.6. The molecular formula is C17H19F3N4O2S. The number of anilines is 2. The van der Waals surface area contributed by atoms with Crippen LogP contribution in [-0.2, 0) is 22.7 Å². The van der Waals surface area contributed by atoms with Crippen molar-refractivity contribution in [2.45, 2.75) is 30.5 Å². The van der Waals surface area contributed by atoms with Gasteiger partial charge in [0.1, 0.15) is 5.82 Å². The molecule has 0 spiro atoms. The number of rotatable bonds is 5. The number of benzene rings is 1. The lowest BCUT2D eigenvalue weighted by molar-refractivity contribution is -0.137. The fourth-order valence-electron chi connectivity index (χ4n) is 2.98. The lowest BCUT2D eigenvalue weighted by atomic mass is 10.1. The van der Waals surface area contributed by atoms with Gasteiger partial charge in [-0.2, -0.15) is 13.2 Å². The summed E-state index contributed by atoms with van der Waals surface area (Å²) in [7, 11) is -4.23. The summed E-state index contributed by atoms with van der Waals surface area (Å²) >= 11 is 0. The van der Waals surface area contributed by atoms with E-state index >= 15 is 0 Å². The number of aromatic nitrogens is 1. The minimum Gasteiger partial charge on any atom is -0.380 e. The highest BCUT2D eigenvalue weighted by atomic mass is 32.2. The molecule has 10 heteroatoms. The molecule has 3 N–H and O–H groups in total. The molecule has 0 bridgehead atoms. The Kier molecular flexibility index (Phi) is 5.29. The molecule has 2 heterocycles. The van der Waals surface area contributed by atoms with Crippen molar-refractivity contribution in [1.29, 1.82) is 0 Å². The Labute approximate surface area is 155 Å². The van der Waals surface area contributed by atoms with E-state index in [1.807, 2.05) is 6.07 Å². The van der Waals surface area contributed by atoms with Crippen LogP contribution in [0.2, 0.25) is 0 Å². The maximum absolute atomic E-state index is 13.3. The number of pyridine rings is 1. The van der Waals surface area contributed by atoms with Crippen LogP contribution in [0.4, 0.5) is 24.7 Å². The summed E-state index contributed by atoms with van der Waals surface area (Å²) in [6.07, 6.45) is -0.910. The van der Waals surface area contributed by atoms with E-state index in [9.17, 15) is 21.6 Å². The van der Waals surface area contributed by atoms with Gasteiger partial charge in [0.2, 0.25) is 10.0 Å². The summed E-state index contributed by atoms with van der Waals surface area (Å²) in [6.45, 7) is 1.97. The first-order chi connectivity index (χ1) is 12.6. The van der Waals surface area contributed by atoms with E-state index in [0.29, 0.717) is 6.07 Å². The third-order valence-corrected chi connectivity index (χ3v) is 5.26. The molecule has 0 amide bonds. The van der Waals surface area contributed by atoms with Gasteiger partial charge in [0.25, 0.3) is 0 Å². The first kappa shape index (κ1) is 19.4. The number of hydrogen-bond donors (Lipinski definition) is 2. The number of halogens is 3. The van der Waals surface area contributed by atoms with Crippen molar-refractivity contribution >= 4 is 21.5 Å². The molecule has 6 nitrogen and oxygen atoms in total. The quantitative estimate of drug-likeness (QED) is 0.806. The number of nitrogens with zero attached hydrogens (tertiary/aromatic N) is 2. The summed E-state index contributed by atoms with van der Waals surface area (Å²) in [5.74, 6) is 0.799. The number of nitrogens with two attached hydrogens (primary N) is 1. The van der Waals surface area contributed by atoms with E-state index in [1.165, 1.54) is 0 Å². The van der Waals surface area contributed by atoms with Crippen molar-refractivity contribution in [2.24, 2.45) is 5.14 Å². The minimum absolute atomic E-state index is 0.140. The van der Waals surface area contributed by atoms with Crippen molar-refractivity contribution < 1.29 is 21.6 Å². The van der Waals surface area contributed by atoms with Crippen molar-refractivity contribution in [2.75, 3.05) is 23.3 Å². The Hall–Kier alpha value is -2.33. The second kappa shape index (κ2) is 7.35. The van der Waals surface area contributed by atoms with E-state index in [-0.39, 0.29) is 12.2 Å². The minimum atomic E-state index is -4.72. The van der Waals surface area contributed by atoms with Gasteiger partial charge in [-0.15, -0.1) is 0 Å². The van der Waals surface area contributed by atoms with Gasteiger partial charge in [-0.3, -0.25) is 0 Å². The highest BCUT2D eigenvalue weighted by Gasteiger charge is 2.34. The maximum atomic E-state index is 13.3. The average molecular weight is 400 g/mol. The summed E-state index contributed by atoms with van der Waals surface area (Å²) in [5.41, 5.74) is -0.521. The van der Waals surface area contributed by atoms with E-state index in [1.54, 1.807) is 12.3 Å². The van der Waals surface area contributed by atoms with E-state index in [4.69, 9.17) is 5.14 Å². The van der Waals surface area contributed by atoms with Gasteiger partial charge in [-0.25, -0.2) is 18.5 Å². The SMILES string of the molecule is NS(=O)(=O)c1ccc(NCc2ccnc(N3CCCC3)c2)c(C(F)(F)F)c1. The Morgan fingerprint density at radius 2 is 1.85 bits per heavy atom. The topological polar surface area (TPSA) is 88.3 Å². The van der Waals surface area contributed by atoms with Gasteiger partial charge >= 0.3 is 6.18 Å². The van der Waals surface area contributed by atoms with Gasteiger partial charge in [-0.05, 0) is 48.7 Å². The molecule has 2 aromatic rings. The molecule has 27 heavy (non-hydrogen) atoms. The number of alkyl halides is 3. The Bertz CT molecular complexity index is 926. The Morgan fingerprint density at radius 3 is 2.48 bits per heavy atom. The van der Waals surface area contributed by atoms with Crippen LogP contribution in [0.25, 0.3) is 0 Å². The Balaban J connectivity index is 1.82. The predicted molar refractivity (Wildman–Crippen MR) is 95.8 cm³/mol. The van der Waals surface area contributed by atoms with Crippen LogP contribution in [0.3, 0.4) is 0 Å². The molecule has 3 rings (SSSR count). The van der Waals surface area contributed by atoms with Crippen LogP contribution in [0.15, 0.2) is 41.4 Å². The first-order valence-electron chi connectivity index (χ1n) is 8.32. The zero-order chi connectivity index (χ0) is 19.7. The van der Waals surface area contributed by atoms with E-state index in [2.05, 4.69) is 15.2 Å². The van der Waals surface area contributed by atoms with Gasteiger partial charge in [-0.1, -0.05) is 0 Å². The molecule has 1 fully saturated rings. The third kappa shape index (κ3) is 4.69. The lowest BCUT2D eigenvalue weighted by Crippen LogP contribution is -2.19. The molecule has 0 saturated carbocycles. The number of nitrogens with one attached hydrogen (secondary N) is 1. The molecule has 1 aromatic heterocycles. The van der Waals surface area contributed by atoms with Crippen molar-refractivity contribution in [3.8, 4) is 0 Å². The van der Waals surface area contributed by atoms with Crippen LogP contribution in [0, 0.1) is 0 Å². The van der Waals surface area contributed by atoms with Crippen LogP contribution < -0.4 is 15.4 Å². The van der Waals surface area contributed by atoms with Crippen LogP contribution in [0.1, 0.15) is 24.0 Å². The summed E-state index contributed by atoms with van der Waals surface area (Å²) in [6, 6.07) is 6.23. The van der Waals surface area contributed by atoms with Crippen LogP contribution in [-0.4, -0.2) is 26.5 Å². The first-order valence-corrected chi connectivity index (χ1v) is 9.87. The van der Waals surface area contributed by atoms with E-state index < -0.39 is 26.7 Å². The van der Waals surface area contributed by atoms with Gasteiger partial charge < -0.3 is 10.2 Å². The number of primary sulfonamides is 1. The van der Waals surface area contributed by atoms with Crippen molar-refractivity contribution in [3.05, 3.63) is 47.7 Å². The fraction of sp³-hybridized carbons (Fsp3) is 0.353. The molecule has 1 saturated heterocycles. The van der Waals surface area contributed by atoms with Gasteiger partial charge in [0.05, 0.1) is 10.5 Å². The normalized spacial score (nSPS) is 15.2. The van der Waals surface area contributed by atoms with Gasteiger partial charge in [0.15, 0.2) is 0 Å². The van der Waals surface area contributed by atoms with Gasteiger partial charge in [0, 0.05) is 31.5 Å². The number of sulfonamides is 1. The third-order valence-electron chi connectivity index (χ3n) is 4.35. The highest BCUT2D eigenvalue weighted by Crippen LogP contribution is 2.36. The fourth-order valence-corrected chi connectivity index (χ4v) is 3.52. The molecule has 1 aromatic carbocycles. The second-order valence-electron chi connectivity index (χ2n) is 6.32.